The number of nitrogens with two attached hydrogens (primary N) is 1. The zero-order valence-corrected chi connectivity index (χ0v) is 11.4. The van der Waals surface area contributed by atoms with Crippen LogP contribution in [0.5, 0.6) is 0 Å². The lowest BCUT2D eigenvalue weighted by Crippen LogP contribution is -2.57. The molecule has 104 valence electrons. The first-order valence-corrected chi connectivity index (χ1v) is 7.31. The number of aromatic nitrogens is 1. The summed E-state index contributed by atoms with van der Waals surface area (Å²) < 4.78 is 5.49. The van der Waals surface area contributed by atoms with E-state index in [0.717, 1.165) is 31.9 Å². The maximum atomic E-state index is 6.64. The first kappa shape index (κ1) is 13.0. The number of pyridine rings is 1. The molecule has 0 radical (unpaired) electrons. The number of rotatable bonds is 3. The predicted molar refractivity (Wildman–Crippen MR) is 74.8 cm³/mol. The molecule has 2 fully saturated rings. The lowest BCUT2D eigenvalue weighted by atomic mass is 9.82. The highest BCUT2D eigenvalue weighted by atomic mass is 16.5. The molecule has 1 aromatic rings. The summed E-state index contributed by atoms with van der Waals surface area (Å²) in [5, 5.41) is 0. The van der Waals surface area contributed by atoms with Crippen molar-refractivity contribution in [1.82, 2.24) is 9.88 Å². The topological polar surface area (TPSA) is 51.4 Å². The third kappa shape index (κ3) is 2.40. The maximum Gasteiger partial charge on any atom is 0.0594 e. The van der Waals surface area contributed by atoms with Gasteiger partial charge in [0.25, 0.3) is 0 Å². The zero-order valence-electron chi connectivity index (χ0n) is 11.4. The second kappa shape index (κ2) is 5.57. The molecule has 1 saturated carbocycles. The van der Waals surface area contributed by atoms with E-state index in [-0.39, 0.29) is 11.6 Å². The summed E-state index contributed by atoms with van der Waals surface area (Å²) in [6.07, 6.45) is 8.69. The van der Waals surface area contributed by atoms with Crippen molar-refractivity contribution >= 4 is 0 Å². The molecule has 0 amide bonds. The number of ether oxygens (including phenoxy) is 1. The molecule has 0 bridgehead atoms. The average molecular weight is 261 g/mol. The van der Waals surface area contributed by atoms with E-state index in [2.05, 4.69) is 16.0 Å². The Hall–Kier alpha value is -0.970. The molecular weight excluding hydrogens is 238 g/mol. The van der Waals surface area contributed by atoms with E-state index in [0.29, 0.717) is 0 Å². The highest BCUT2D eigenvalue weighted by Gasteiger charge is 2.45. The number of hydrogen-bond donors (Lipinski definition) is 1. The largest absolute Gasteiger partial charge is 0.379 e. The van der Waals surface area contributed by atoms with Crippen LogP contribution >= 0.6 is 0 Å². The minimum atomic E-state index is 0.0572. The van der Waals surface area contributed by atoms with Crippen LogP contribution < -0.4 is 5.73 Å². The van der Waals surface area contributed by atoms with E-state index in [1.165, 1.54) is 25.7 Å². The van der Waals surface area contributed by atoms with Crippen molar-refractivity contribution in [3.63, 3.8) is 0 Å². The van der Waals surface area contributed by atoms with Crippen molar-refractivity contribution in [3.05, 3.63) is 30.1 Å². The van der Waals surface area contributed by atoms with Crippen molar-refractivity contribution in [2.24, 2.45) is 5.73 Å². The molecule has 2 N–H and O–H groups in total. The Bertz CT molecular complexity index is 397. The monoisotopic (exact) mass is 261 g/mol. The van der Waals surface area contributed by atoms with Gasteiger partial charge >= 0.3 is 0 Å². The van der Waals surface area contributed by atoms with Gasteiger partial charge in [0.2, 0.25) is 0 Å². The van der Waals surface area contributed by atoms with Crippen molar-refractivity contribution in [1.29, 1.82) is 0 Å². The molecule has 0 spiro atoms. The highest BCUT2D eigenvalue weighted by molar-refractivity contribution is 5.20. The molecular formula is C15H23N3O. The third-order valence-electron chi connectivity index (χ3n) is 4.73. The van der Waals surface area contributed by atoms with Crippen LogP contribution in [0.25, 0.3) is 0 Å². The Morgan fingerprint density at radius 1 is 1.26 bits per heavy atom. The number of hydrogen-bond acceptors (Lipinski definition) is 4. The lowest BCUT2D eigenvalue weighted by molar-refractivity contribution is -0.0311. The van der Waals surface area contributed by atoms with Gasteiger partial charge in [-0.05, 0) is 24.5 Å². The Kier molecular flexibility index (Phi) is 3.82. The summed E-state index contributed by atoms with van der Waals surface area (Å²) in [5.74, 6) is 0. The Morgan fingerprint density at radius 2 is 2.00 bits per heavy atom. The van der Waals surface area contributed by atoms with Gasteiger partial charge in [0.15, 0.2) is 0 Å². The summed E-state index contributed by atoms with van der Waals surface area (Å²) in [6.45, 7) is 3.69. The molecule has 1 aliphatic heterocycles. The molecule has 1 saturated heterocycles. The van der Waals surface area contributed by atoms with Gasteiger partial charge in [-0.1, -0.05) is 18.9 Å². The summed E-state index contributed by atoms with van der Waals surface area (Å²) in [6, 6.07) is 4.15. The van der Waals surface area contributed by atoms with Crippen LogP contribution in [0.2, 0.25) is 0 Å². The van der Waals surface area contributed by atoms with Crippen LogP contribution in [0.4, 0.5) is 0 Å². The number of morpholine rings is 1. The van der Waals surface area contributed by atoms with Crippen molar-refractivity contribution < 1.29 is 4.74 Å². The minimum absolute atomic E-state index is 0.0572. The molecule has 2 heterocycles. The molecule has 19 heavy (non-hydrogen) atoms. The van der Waals surface area contributed by atoms with Gasteiger partial charge in [0, 0.05) is 37.1 Å². The second-order valence-electron chi connectivity index (χ2n) is 5.67. The predicted octanol–water partition coefficient (Wildman–Crippen LogP) is 1.73. The van der Waals surface area contributed by atoms with Crippen molar-refractivity contribution in [3.8, 4) is 0 Å². The van der Waals surface area contributed by atoms with E-state index < -0.39 is 0 Å². The Balaban J connectivity index is 1.87. The Morgan fingerprint density at radius 3 is 2.63 bits per heavy atom. The SMILES string of the molecule is NC(c1cccnc1)C1(N2CCOCC2)CCCC1. The van der Waals surface area contributed by atoms with E-state index >= 15 is 0 Å². The molecule has 1 unspecified atom stereocenters. The number of nitrogens with zero attached hydrogens (tertiary/aromatic N) is 2. The van der Waals surface area contributed by atoms with Gasteiger partial charge in [-0.15, -0.1) is 0 Å². The summed E-state index contributed by atoms with van der Waals surface area (Å²) in [5.41, 5.74) is 7.92. The minimum Gasteiger partial charge on any atom is -0.379 e. The van der Waals surface area contributed by atoms with Crippen molar-refractivity contribution in [2.45, 2.75) is 37.3 Å². The summed E-state index contributed by atoms with van der Waals surface area (Å²) in [4.78, 5) is 6.80. The Labute approximate surface area is 115 Å². The van der Waals surface area contributed by atoms with Crippen molar-refractivity contribution in [2.75, 3.05) is 26.3 Å². The molecule has 1 aromatic heterocycles. The van der Waals surface area contributed by atoms with E-state index in [1.807, 2.05) is 18.5 Å². The fourth-order valence-corrected chi connectivity index (χ4v) is 3.69. The van der Waals surface area contributed by atoms with Gasteiger partial charge < -0.3 is 10.5 Å². The average Bonchev–Trinajstić information content (AvgIpc) is 2.99. The summed E-state index contributed by atoms with van der Waals surface area (Å²) >= 11 is 0. The van der Waals surface area contributed by atoms with Crippen LogP contribution in [-0.4, -0.2) is 41.7 Å². The van der Waals surface area contributed by atoms with Crippen LogP contribution in [0, 0.1) is 0 Å². The van der Waals surface area contributed by atoms with Crippen LogP contribution in [0.15, 0.2) is 24.5 Å². The highest BCUT2D eigenvalue weighted by Crippen LogP contribution is 2.43. The summed E-state index contributed by atoms with van der Waals surface area (Å²) in [7, 11) is 0. The quantitative estimate of drug-likeness (QED) is 0.900. The third-order valence-corrected chi connectivity index (χ3v) is 4.73. The first-order valence-electron chi connectivity index (χ1n) is 7.31. The first-order chi connectivity index (χ1) is 9.33. The fourth-order valence-electron chi connectivity index (χ4n) is 3.69. The maximum absolute atomic E-state index is 6.64. The van der Waals surface area contributed by atoms with E-state index in [4.69, 9.17) is 10.5 Å². The zero-order chi connectivity index (χ0) is 13.1. The van der Waals surface area contributed by atoms with Gasteiger partial charge in [-0.25, -0.2) is 0 Å². The van der Waals surface area contributed by atoms with Gasteiger partial charge in [0.05, 0.1) is 13.2 Å². The van der Waals surface area contributed by atoms with Gasteiger partial charge in [-0.2, -0.15) is 0 Å². The standard InChI is InChI=1S/C15H23N3O/c16-14(13-4-3-7-17-12-13)15(5-1-2-6-15)18-8-10-19-11-9-18/h3-4,7,12,14H,1-2,5-6,8-11,16H2. The lowest BCUT2D eigenvalue weighted by Gasteiger charge is -2.47. The molecule has 2 aliphatic rings. The van der Waals surface area contributed by atoms with Crippen LogP contribution in [-0.2, 0) is 4.74 Å². The van der Waals surface area contributed by atoms with E-state index in [9.17, 15) is 0 Å². The molecule has 1 aliphatic carbocycles. The molecule has 4 heteroatoms. The molecule has 4 nitrogen and oxygen atoms in total. The molecule has 0 aromatic carbocycles. The fraction of sp³-hybridized carbons (Fsp3) is 0.667. The van der Waals surface area contributed by atoms with Crippen LogP contribution in [0.3, 0.4) is 0 Å². The smallest absolute Gasteiger partial charge is 0.0594 e. The molecule has 1 atom stereocenters. The normalized spacial score (nSPS) is 25.3. The van der Waals surface area contributed by atoms with Gasteiger partial charge in [-0.3, -0.25) is 9.88 Å². The van der Waals surface area contributed by atoms with Gasteiger partial charge in [0.1, 0.15) is 0 Å². The molecule has 3 rings (SSSR count). The van der Waals surface area contributed by atoms with E-state index in [1.54, 1.807) is 0 Å². The van der Waals surface area contributed by atoms with Crippen LogP contribution in [0.1, 0.15) is 37.3 Å². The second-order valence-corrected chi connectivity index (χ2v) is 5.67.